The van der Waals surface area contributed by atoms with Crippen molar-refractivity contribution in [3.63, 3.8) is 0 Å². The van der Waals surface area contributed by atoms with E-state index in [0.717, 1.165) is 5.56 Å². The topological polar surface area (TPSA) is 55.8 Å². The minimum Gasteiger partial charge on any atom is -0.482 e. The second kappa shape index (κ2) is 6.12. The zero-order valence-corrected chi connectivity index (χ0v) is 9.47. The number of ether oxygens (including phenoxy) is 2. The van der Waals surface area contributed by atoms with Crippen LogP contribution in [0.5, 0.6) is 5.75 Å². The number of benzene rings is 1. The molecule has 0 aliphatic rings. The summed E-state index contributed by atoms with van der Waals surface area (Å²) >= 11 is 0. The van der Waals surface area contributed by atoms with Gasteiger partial charge in [-0.15, -0.1) is 0 Å². The predicted molar refractivity (Wildman–Crippen MR) is 59.2 cm³/mol. The maximum Gasteiger partial charge on any atom is 0.343 e. The van der Waals surface area contributed by atoms with E-state index in [1.807, 2.05) is 6.92 Å². The largest absolute Gasteiger partial charge is 0.482 e. The lowest BCUT2D eigenvalue weighted by molar-refractivity contribution is -0.142. The minimum atomic E-state index is -0.449. The molecule has 0 saturated carbocycles. The Morgan fingerprint density at radius 1 is 1.38 bits per heavy atom. The summed E-state index contributed by atoms with van der Waals surface area (Å²) in [7, 11) is 1.31. The number of carbonyl (C=O) groups is 1. The first-order valence-corrected chi connectivity index (χ1v) is 5.15. The van der Waals surface area contributed by atoms with Crippen LogP contribution < -0.4 is 4.74 Å². The maximum absolute atomic E-state index is 10.8. The molecule has 0 heterocycles. The van der Waals surface area contributed by atoms with Gasteiger partial charge in [-0.1, -0.05) is 19.1 Å². The van der Waals surface area contributed by atoms with Gasteiger partial charge in [0.25, 0.3) is 0 Å². The summed E-state index contributed by atoms with van der Waals surface area (Å²) in [6, 6.07) is 7.00. The van der Waals surface area contributed by atoms with Gasteiger partial charge in [-0.05, 0) is 24.1 Å². The lowest BCUT2D eigenvalue weighted by Gasteiger charge is -2.09. The van der Waals surface area contributed by atoms with E-state index in [1.165, 1.54) is 7.11 Å². The van der Waals surface area contributed by atoms with Crippen LogP contribution in [0.25, 0.3) is 0 Å². The number of aliphatic hydroxyl groups excluding tert-OH is 1. The molecule has 1 aromatic rings. The van der Waals surface area contributed by atoms with E-state index in [9.17, 15) is 9.90 Å². The number of rotatable bonds is 5. The third-order valence-electron chi connectivity index (χ3n) is 2.24. The Morgan fingerprint density at radius 2 is 2.00 bits per heavy atom. The predicted octanol–water partition coefficient (Wildman–Crippen LogP) is 1.68. The Balaban J connectivity index is 2.54. The van der Waals surface area contributed by atoms with Crippen LogP contribution in [-0.2, 0) is 9.53 Å². The number of methoxy groups -OCH3 is 1. The zero-order valence-electron chi connectivity index (χ0n) is 9.47. The van der Waals surface area contributed by atoms with E-state index in [-0.39, 0.29) is 6.61 Å². The van der Waals surface area contributed by atoms with Crippen molar-refractivity contribution >= 4 is 5.97 Å². The summed E-state index contributed by atoms with van der Waals surface area (Å²) in [4.78, 5) is 10.8. The van der Waals surface area contributed by atoms with Crippen molar-refractivity contribution in [2.24, 2.45) is 0 Å². The van der Waals surface area contributed by atoms with Crippen LogP contribution in [0.4, 0.5) is 0 Å². The van der Waals surface area contributed by atoms with Crippen molar-refractivity contribution in [2.75, 3.05) is 13.7 Å². The third kappa shape index (κ3) is 3.55. The third-order valence-corrected chi connectivity index (χ3v) is 2.24. The van der Waals surface area contributed by atoms with Crippen LogP contribution in [0.15, 0.2) is 24.3 Å². The monoisotopic (exact) mass is 224 g/mol. The van der Waals surface area contributed by atoms with Gasteiger partial charge in [-0.25, -0.2) is 4.79 Å². The lowest BCUT2D eigenvalue weighted by Crippen LogP contribution is -2.12. The first kappa shape index (κ1) is 12.5. The molecule has 4 heteroatoms. The fourth-order valence-corrected chi connectivity index (χ4v) is 1.22. The van der Waals surface area contributed by atoms with Crippen molar-refractivity contribution in [2.45, 2.75) is 19.4 Å². The smallest absolute Gasteiger partial charge is 0.343 e. The summed E-state index contributed by atoms with van der Waals surface area (Å²) in [5.74, 6) is 0.162. The molecule has 1 rings (SSSR count). The second-order valence-electron chi connectivity index (χ2n) is 3.36. The molecule has 0 aliphatic heterocycles. The van der Waals surface area contributed by atoms with Crippen LogP contribution in [0.2, 0.25) is 0 Å². The van der Waals surface area contributed by atoms with Gasteiger partial charge in [0.15, 0.2) is 6.61 Å². The van der Waals surface area contributed by atoms with Crippen LogP contribution in [0.1, 0.15) is 25.0 Å². The molecular formula is C12H16O4. The molecule has 88 valence electrons. The van der Waals surface area contributed by atoms with E-state index >= 15 is 0 Å². The van der Waals surface area contributed by atoms with E-state index in [1.54, 1.807) is 24.3 Å². The molecule has 4 nitrogen and oxygen atoms in total. The van der Waals surface area contributed by atoms with Crippen LogP contribution in [0.3, 0.4) is 0 Å². The first-order valence-electron chi connectivity index (χ1n) is 5.15. The molecule has 0 amide bonds. The van der Waals surface area contributed by atoms with Crippen molar-refractivity contribution in [3.8, 4) is 5.75 Å². The average molecular weight is 224 g/mol. The van der Waals surface area contributed by atoms with E-state index in [2.05, 4.69) is 4.74 Å². The first-order chi connectivity index (χ1) is 7.67. The van der Waals surface area contributed by atoms with Crippen LogP contribution in [0, 0.1) is 0 Å². The van der Waals surface area contributed by atoms with Crippen molar-refractivity contribution in [1.82, 2.24) is 0 Å². The van der Waals surface area contributed by atoms with E-state index in [4.69, 9.17) is 4.74 Å². The number of hydrogen-bond acceptors (Lipinski definition) is 4. The minimum absolute atomic E-state index is 0.105. The normalized spacial score (nSPS) is 11.9. The molecule has 0 aliphatic carbocycles. The quantitative estimate of drug-likeness (QED) is 0.773. The Labute approximate surface area is 94.8 Å². The standard InChI is InChI=1S/C12H16O4/c1-3-11(13)9-4-6-10(7-5-9)16-8-12(14)15-2/h4-7,11,13H,3,8H2,1-2H3/t11-/m0/s1. The van der Waals surface area contributed by atoms with Gasteiger partial charge in [0.1, 0.15) is 5.75 Å². The number of hydrogen-bond donors (Lipinski definition) is 1. The molecule has 1 atom stereocenters. The number of aliphatic hydroxyl groups is 1. The zero-order chi connectivity index (χ0) is 12.0. The summed E-state index contributed by atoms with van der Waals surface area (Å²) < 4.78 is 9.62. The number of carbonyl (C=O) groups excluding carboxylic acids is 1. The molecule has 0 spiro atoms. The Morgan fingerprint density at radius 3 is 2.50 bits per heavy atom. The average Bonchev–Trinajstić information content (AvgIpc) is 2.35. The van der Waals surface area contributed by atoms with Gasteiger partial charge in [0.2, 0.25) is 0 Å². The molecule has 0 saturated heterocycles. The number of esters is 1. The maximum atomic E-state index is 10.8. The Bertz CT molecular complexity index is 331. The fraction of sp³-hybridized carbons (Fsp3) is 0.417. The van der Waals surface area contributed by atoms with Gasteiger partial charge < -0.3 is 14.6 Å². The molecule has 0 aromatic heterocycles. The summed E-state index contributed by atoms with van der Waals surface area (Å²) in [5.41, 5.74) is 0.841. The van der Waals surface area contributed by atoms with Crippen LogP contribution in [-0.4, -0.2) is 24.8 Å². The van der Waals surface area contributed by atoms with E-state index in [0.29, 0.717) is 12.2 Å². The van der Waals surface area contributed by atoms with Gasteiger partial charge in [-0.2, -0.15) is 0 Å². The van der Waals surface area contributed by atoms with Crippen molar-refractivity contribution in [3.05, 3.63) is 29.8 Å². The van der Waals surface area contributed by atoms with Crippen molar-refractivity contribution < 1.29 is 19.4 Å². The van der Waals surface area contributed by atoms with Crippen molar-refractivity contribution in [1.29, 1.82) is 0 Å². The lowest BCUT2D eigenvalue weighted by atomic mass is 10.1. The molecule has 1 N–H and O–H groups in total. The highest BCUT2D eigenvalue weighted by Gasteiger charge is 2.05. The second-order valence-corrected chi connectivity index (χ2v) is 3.36. The molecule has 0 radical (unpaired) electrons. The Hall–Kier alpha value is -1.55. The Kier molecular flexibility index (Phi) is 4.79. The van der Waals surface area contributed by atoms with Gasteiger partial charge in [-0.3, -0.25) is 0 Å². The molecular weight excluding hydrogens is 208 g/mol. The van der Waals surface area contributed by atoms with Gasteiger partial charge >= 0.3 is 5.97 Å². The highest BCUT2D eigenvalue weighted by atomic mass is 16.6. The fourth-order valence-electron chi connectivity index (χ4n) is 1.22. The summed E-state index contributed by atoms with van der Waals surface area (Å²) in [5, 5.41) is 9.56. The highest BCUT2D eigenvalue weighted by Crippen LogP contribution is 2.19. The summed E-state index contributed by atoms with van der Waals surface area (Å²) in [6.07, 6.45) is 0.220. The molecule has 1 aromatic carbocycles. The van der Waals surface area contributed by atoms with Crippen LogP contribution >= 0.6 is 0 Å². The molecule has 0 fully saturated rings. The SMILES string of the molecule is CC[C@H](O)c1ccc(OCC(=O)OC)cc1. The molecule has 0 unspecified atom stereocenters. The van der Waals surface area contributed by atoms with Gasteiger partial charge in [0.05, 0.1) is 13.2 Å². The van der Waals surface area contributed by atoms with Gasteiger partial charge in [0, 0.05) is 0 Å². The molecule has 16 heavy (non-hydrogen) atoms. The van der Waals surface area contributed by atoms with E-state index < -0.39 is 12.1 Å². The highest BCUT2D eigenvalue weighted by molar-refractivity contribution is 5.70. The molecule has 0 bridgehead atoms. The summed E-state index contributed by atoms with van der Waals surface area (Å²) in [6.45, 7) is 1.80.